The van der Waals surface area contributed by atoms with Crippen molar-refractivity contribution in [3.05, 3.63) is 29.3 Å². The maximum Gasteiger partial charge on any atom is 0.0498 e. The molecular weight excluding hydrogens is 232 g/mol. The molecule has 0 aliphatic heterocycles. The Bertz CT molecular complexity index is 363. The minimum atomic E-state index is 0.0749. The Morgan fingerprint density at radius 1 is 1.41 bits per heavy atom. The number of nitrogens with one attached hydrogen (secondary N) is 1. The van der Waals surface area contributed by atoms with Gasteiger partial charge < -0.3 is 11.1 Å². The topological polar surface area (TPSA) is 38.0 Å². The third-order valence-corrected chi connectivity index (χ3v) is 3.99. The molecule has 0 spiro atoms. The van der Waals surface area contributed by atoms with Crippen LogP contribution in [0.5, 0.6) is 0 Å². The van der Waals surface area contributed by atoms with E-state index in [0.717, 1.165) is 29.5 Å². The van der Waals surface area contributed by atoms with Crippen molar-refractivity contribution in [2.45, 2.75) is 38.1 Å². The van der Waals surface area contributed by atoms with Gasteiger partial charge in [-0.2, -0.15) is 0 Å². The summed E-state index contributed by atoms with van der Waals surface area (Å²) in [6.45, 7) is 3.01. The van der Waals surface area contributed by atoms with Gasteiger partial charge in [-0.1, -0.05) is 31.4 Å². The van der Waals surface area contributed by atoms with Gasteiger partial charge in [0.2, 0.25) is 0 Å². The fraction of sp³-hybridized carbons (Fsp3) is 0.571. The smallest absolute Gasteiger partial charge is 0.0498 e. The van der Waals surface area contributed by atoms with Gasteiger partial charge in [0.05, 0.1) is 0 Å². The number of anilines is 1. The summed E-state index contributed by atoms with van der Waals surface area (Å²) in [5, 5.41) is 4.39. The van der Waals surface area contributed by atoms with Gasteiger partial charge in [-0.15, -0.1) is 0 Å². The van der Waals surface area contributed by atoms with Gasteiger partial charge in [0.15, 0.2) is 0 Å². The first-order chi connectivity index (χ1) is 8.13. The highest BCUT2D eigenvalue weighted by Gasteiger charge is 2.33. The fourth-order valence-corrected chi connectivity index (χ4v) is 2.98. The molecule has 2 rings (SSSR count). The first-order valence-electron chi connectivity index (χ1n) is 6.37. The number of nitrogens with two attached hydrogens (primary N) is 1. The molecule has 1 aliphatic rings. The van der Waals surface area contributed by atoms with Crippen LogP contribution in [0.3, 0.4) is 0 Å². The van der Waals surface area contributed by atoms with Gasteiger partial charge in [0.25, 0.3) is 0 Å². The molecule has 1 aliphatic carbocycles. The first-order valence-corrected chi connectivity index (χ1v) is 6.75. The fourth-order valence-electron chi connectivity index (χ4n) is 2.85. The van der Waals surface area contributed by atoms with Crippen LogP contribution in [-0.2, 0) is 0 Å². The maximum absolute atomic E-state index is 5.99. The van der Waals surface area contributed by atoms with E-state index in [1.54, 1.807) is 0 Å². The summed E-state index contributed by atoms with van der Waals surface area (Å²) >= 11 is 5.89. The molecule has 0 bridgehead atoms. The minimum Gasteiger partial charge on any atom is -0.378 e. The van der Waals surface area contributed by atoms with Gasteiger partial charge >= 0.3 is 0 Å². The standard InChI is InChI=1S/C14H21ClN2/c1-11-3-2-8-14(9-11,10-16)17-13-6-4-12(15)5-7-13/h4-7,11,17H,2-3,8-10,16H2,1H3. The van der Waals surface area contributed by atoms with Crippen molar-refractivity contribution in [2.75, 3.05) is 11.9 Å². The second-order valence-corrected chi connectivity index (χ2v) is 5.75. The van der Waals surface area contributed by atoms with Gasteiger partial charge in [-0.3, -0.25) is 0 Å². The summed E-state index contributed by atoms with van der Waals surface area (Å²) in [5.74, 6) is 0.757. The van der Waals surface area contributed by atoms with E-state index in [9.17, 15) is 0 Å². The zero-order valence-electron chi connectivity index (χ0n) is 10.4. The molecule has 3 N–H and O–H groups in total. The molecule has 1 fully saturated rings. The van der Waals surface area contributed by atoms with E-state index in [0.29, 0.717) is 6.54 Å². The number of benzene rings is 1. The third kappa shape index (κ3) is 3.14. The van der Waals surface area contributed by atoms with Crippen molar-refractivity contribution in [3.8, 4) is 0 Å². The molecule has 3 heteroatoms. The SMILES string of the molecule is CC1CCCC(CN)(Nc2ccc(Cl)cc2)C1. The Hall–Kier alpha value is -0.730. The van der Waals surface area contributed by atoms with Crippen LogP contribution < -0.4 is 11.1 Å². The van der Waals surface area contributed by atoms with Crippen LogP contribution in [0.1, 0.15) is 32.6 Å². The Morgan fingerprint density at radius 3 is 2.71 bits per heavy atom. The van der Waals surface area contributed by atoms with Crippen LogP contribution in [0, 0.1) is 5.92 Å². The van der Waals surface area contributed by atoms with Gasteiger partial charge in [-0.25, -0.2) is 0 Å². The minimum absolute atomic E-state index is 0.0749. The second kappa shape index (κ2) is 5.28. The van der Waals surface area contributed by atoms with Crippen LogP contribution in [0.15, 0.2) is 24.3 Å². The quantitative estimate of drug-likeness (QED) is 0.862. The predicted octanol–water partition coefficient (Wildman–Crippen LogP) is 3.66. The Balaban J connectivity index is 2.10. The van der Waals surface area contributed by atoms with Gasteiger partial charge in [-0.05, 0) is 43.0 Å². The molecule has 1 aromatic carbocycles. The molecule has 0 aromatic heterocycles. The van der Waals surface area contributed by atoms with Crippen molar-refractivity contribution in [1.82, 2.24) is 0 Å². The summed E-state index contributed by atoms with van der Waals surface area (Å²) in [7, 11) is 0. The van der Waals surface area contributed by atoms with E-state index in [1.807, 2.05) is 24.3 Å². The lowest BCUT2D eigenvalue weighted by Crippen LogP contribution is -2.48. The van der Waals surface area contributed by atoms with Crippen LogP contribution >= 0.6 is 11.6 Å². The summed E-state index contributed by atoms with van der Waals surface area (Å²) < 4.78 is 0. The van der Waals surface area contributed by atoms with E-state index in [2.05, 4.69) is 12.2 Å². The Morgan fingerprint density at radius 2 is 2.12 bits per heavy atom. The van der Waals surface area contributed by atoms with E-state index < -0.39 is 0 Å². The molecule has 0 heterocycles. The van der Waals surface area contributed by atoms with Crippen LogP contribution in [0.4, 0.5) is 5.69 Å². The number of hydrogen-bond acceptors (Lipinski definition) is 2. The molecule has 2 unspecified atom stereocenters. The van der Waals surface area contributed by atoms with Crippen molar-refractivity contribution in [1.29, 1.82) is 0 Å². The summed E-state index contributed by atoms with van der Waals surface area (Å²) in [6, 6.07) is 7.89. The van der Waals surface area contributed by atoms with Crippen molar-refractivity contribution < 1.29 is 0 Å². The van der Waals surface area contributed by atoms with Gasteiger partial charge in [0, 0.05) is 22.8 Å². The Labute approximate surface area is 109 Å². The average Bonchev–Trinajstić information content (AvgIpc) is 2.32. The molecule has 2 atom stereocenters. The van der Waals surface area contributed by atoms with E-state index in [4.69, 9.17) is 17.3 Å². The third-order valence-electron chi connectivity index (χ3n) is 3.74. The molecule has 0 saturated heterocycles. The molecule has 1 aromatic rings. The summed E-state index contributed by atoms with van der Waals surface area (Å²) in [6.07, 6.45) is 4.91. The lowest BCUT2D eigenvalue weighted by atomic mass is 9.76. The first kappa shape index (κ1) is 12.7. The molecule has 17 heavy (non-hydrogen) atoms. The maximum atomic E-state index is 5.99. The van der Waals surface area contributed by atoms with E-state index in [-0.39, 0.29) is 5.54 Å². The molecule has 2 nitrogen and oxygen atoms in total. The van der Waals surface area contributed by atoms with Crippen LogP contribution in [0.25, 0.3) is 0 Å². The highest BCUT2D eigenvalue weighted by molar-refractivity contribution is 6.30. The summed E-state index contributed by atoms with van der Waals surface area (Å²) in [4.78, 5) is 0. The lowest BCUT2D eigenvalue weighted by molar-refractivity contribution is 0.264. The Kier molecular flexibility index (Phi) is 3.95. The number of rotatable bonds is 3. The summed E-state index contributed by atoms with van der Waals surface area (Å²) in [5.41, 5.74) is 7.18. The molecule has 1 saturated carbocycles. The highest BCUT2D eigenvalue weighted by atomic mass is 35.5. The van der Waals surface area contributed by atoms with E-state index in [1.165, 1.54) is 12.8 Å². The largest absolute Gasteiger partial charge is 0.378 e. The molecule has 0 amide bonds. The lowest BCUT2D eigenvalue weighted by Gasteiger charge is -2.40. The second-order valence-electron chi connectivity index (χ2n) is 5.32. The predicted molar refractivity (Wildman–Crippen MR) is 74.5 cm³/mol. The normalized spacial score (nSPS) is 29.0. The van der Waals surface area contributed by atoms with Crippen LogP contribution in [0.2, 0.25) is 5.02 Å². The van der Waals surface area contributed by atoms with E-state index >= 15 is 0 Å². The molecule has 94 valence electrons. The molecule has 0 radical (unpaired) electrons. The van der Waals surface area contributed by atoms with Crippen molar-refractivity contribution in [3.63, 3.8) is 0 Å². The van der Waals surface area contributed by atoms with Gasteiger partial charge in [0.1, 0.15) is 0 Å². The highest BCUT2D eigenvalue weighted by Crippen LogP contribution is 2.34. The average molecular weight is 253 g/mol. The van der Waals surface area contributed by atoms with Crippen LogP contribution in [-0.4, -0.2) is 12.1 Å². The number of halogens is 1. The molecular formula is C14H21ClN2. The monoisotopic (exact) mass is 252 g/mol. The zero-order chi connectivity index (χ0) is 12.3. The van der Waals surface area contributed by atoms with Crippen molar-refractivity contribution >= 4 is 17.3 Å². The van der Waals surface area contributed by atoms with Crippen molar-refractivity contribution in [2.24, 2.45) is 11.7 Å². The zero-order valence-corrected chi connectivity index (χ0v) is 11.1. The number of hydrogen-bond donors (Lipinski definition) is 2.